The van der Waals surface area contributed by atoms with Gasteiger partial charge in [0.05, 0.1) is 0 Å². The molecule has 0 radical (unpaired) electrons. The van der Waals surface area contributed by atoms with E-state index in [0.717, 1.165) is 12.0 Å². The average Bonchev–Trinajstić information content (AvgIpc) is 2.32. The predicted octanol–water partition coefficient (Wildman–Crippen LogP) is 1.01. The van der Waals surface area contributed by atoms with Gasteiger partial charge >= 0.3 is 0 Å². The summed E-state index contributed by atoms with van der Waals surface area (Å²) in [7, 11) is 4.35. The van der Waals surface area contributed by atoms with Crippen LogP contribution in [0.4, 0.5) is 0 Å². The molecule has 0 aromatic carbocycles. The van der Waals surface area contributed by atoms with Crippen molar-refractivity contribution < 1.29 is 0 Å². The molecule has 94 valence electrons. The Hall–Kier alpha value is -0.120. The van der Waals surface area contributed by atoms with E-state index in [0.29, 0.717) is 0 Å². The Kier molecular flexibility index (Phi) is 4.62. The first-order valence-electron chi connectivity index (χ1n) is 6.86. The highest BCUT2D eigenvalue weighted by molar-refractivity contribution is 4.80. The van der Waals surface area contributed by atoms with Crippen LogP contribution >= 0.6 is 0 Å². The minimum atomic E-state index is 0.736. The van der Waals surface area contributed by atoms with E-state index in [1.54, 1.807) is 0 Å². The molecule has 0 bridgehead atoms. The van der Waals surface area contributed by atoms with Gasteiger partial charge in [-0.25, -0.2) is 0 Å². The molecule has 0 aliphatic carbocycles. The number of piperidine rings is 2. The van der Waals surface area contributed by atoms with E-state index in [9.17, 15) is 0 Å². The summed E-state index contributed by atoms with van der Waals surface area (Å²) in [5.74, 6) is 0.951. The topological polar surface area (TPSA) is 18.5 Å². The van der Waals surface area contributed by atoms with Crippen molar-refractivity contribution >= 4 is 0 Å². The van der Waals surface area contributed by atoms with Gasteiger partial charge in [-0.3, -0.25) is 0 Å². The number of likely N-dealkylation sites (N-methyl/N-ethyl adjacent to an activating group) is 1. The van der Waals surface area contributed by atoms with Crippen molar-refractivity contribution in [2.75, 3.05) is 46.8 Å². The Balaban J connectivity index is 1.72. The van der Waals surface area contributed by atoms with Crippen LogP contribution in [0.3, 0.4) is 0 Å². The van der Waals surface area contributed by atoms with Gasteiger partial charge in [-0.05, 0) is 65.3 Å². The normalized spacial score (nSPS) is 30.8. The third-order valence-electron chi connectivity index (χ3n) is 4.27. The molecule has 1 N–H and O–H groups in total. The van der Waals surface area contributed by atoms with Crippen molar-refractivity contribution in [3.8, 4) is 0 Å². The second-order valence-electron chi connectivity index (χ2n) is 5.63. The second kappa shape index (κ2) is 5.99. The monoisotopic (exact) mass is 225 g/mol. The zero-order valence-electron chi connectivity index (χ0n) is 10.9. The van der Waals surface area contributed by atoms with E-state index >= 15 is 0 Å². The molecule has 0 aromatic rings. The molecule has 1 unspecified atom stereocenters. The standard InChI is InChI=1S/C13H27N3/c1-14-13-4-3-7-16(11-13)10-12-5-8-15(2)9-6-12/h12-14H,3-11H2,1-2H3. The first kappa shape index (κ1) is 12.3. The zero-order chi connectivity index (χ0) is 11.4. The van der Waals surface area contributed by atoms with E-state index < -0.39 is 0 Å². The molecule has 2 rings (SSSR count). The van der Waals surface area contributed by atoms with Gasteiger partial charge in [0.1, 0.15) is 0 Å². The summed E-state index contributed by atoms with van der Waals surface area (Å²) in [5, 5.41) is 3.43. The number of hydrogen-bond acceptors (Lipinski definition) is 3. The van der Waals surface area contributed by atoms with Crippen LogP contribution in [0.15, 0.2) is 0 Å². The van der Waals surface area contributed by atoms with Crippen molar-refractivity contribution in [2.24, 2.45) is 5.92 Å². The van der Waals surface area contributed by atoms with Gasteiger partial charge in [0.25, 0.3) is 0 Å². The summed E-state index contributed by atoms with van der Waals surface area (Å²) < 4.78 is 0. The maximum Gasteiger partial charge on any atom is 0.0192 e. The van der Waals surface area contributed by atoms with Crippen LogP contribution in [-0.4, -0.2) is 62.7 Å². The summed E-state index contributed by atoms with van der Waals surface area (Å²) in [5.41, 5.74) is 0. The second-order valence-corrected chi connectivity index (χ2v) is 5.63. The van der Waals surface area contributed by atoms with E-state index in [-0.39, 0.29) is 0 Å². The maximum atomic E-state index is 3.43. The smallest absolute Gasteiger partial charge is 0.0192 e. The highest BCUT2D eigenvalue weighted by Crippen LogP contribution is 2.19. The third-order valence-corrected chi connectivity index (χ3v) is 4.27. The van der Waals surface area contributed by atoms with Crippen LogP contribution in [0.1, 0.15) is 25.7 Å². The van der Waals surface area contributed by atoms with Gasteiger partial charge in [0.2, 0.25) is 0 Å². The molecule has 1 atom stereocenters. The van der Waals surface area contributed by atoms with Crippen molar-refractivity contribution in [1.82, 2.24) is 15.1 Å². The van der Waals surface area contributed by atoms with Crippen LogP contribution in [-0.2, 0) is 0 Å². The van der Waals surface area contributed by atoms with Crippen molar-refractivity contribution in [3.63, 3.8) is 0 Å². The Bertz CT molecular complexity index is 199. The van der Waals surface area contributed by atoms with Gasteiger partial charge in [0.15, 0.2) is 0 Å². The molecule has 3 heteroatoms. The molecule has 2 aliphatic rings. The van der Waals surface area contributed by atoms with Crippen LogP contribution in [0.25, 0.3) is 0 Å². The first-order chi connectivity index (χ1) is 7.78. The molecule has 2 aliphatic heterocycles. The highest BCUT2D eigenvalue weighted by Gasteiger charge is 2.23. The molecule has 2 heterocycles. The molecule has 2 saturated heterocycles. The molecule has 0 spiro atoms. The minimum Gasteiger partial charge on any atom is -0.316 e. The Labute approximate surface area is 100 Å². The molecular weight excluding hydrogens is 198 g/mol. The SMILES string of the molecule is CNC1CCCN(CC2CCN(C)CC2)C1. The first-order valence-corrected chi connectivity index (χ1v) is 6.86. The van der Waals surface area contributed by atoms with Crippen LogP contribution in [0.5, 0.6) is 0 Å². The van der Waals surface area contributed by atoms with E-state index in [1.165, 1.54) is 58.4 Å². The lowest BCUT2D eigenvalue weighted by molar-refractivity contribution is 0.132. The van der Waals surface area contributed by atoms with Crippen LogP contribution < -0.4 is 5.32 Å². The fraction of sp³-hybridized carbons (Fsp3) is 1.00. The summed E-state index contributed by atoms with van der Waals surface area (Å²) in [4.78, 5) is 5.14. The van der Waals surface area contributed by atoms with Gasteiger partial charge in [-0.1, -0.05) is 0 Å². The molecule has 0 aromatic heterocycles. The highest BCUT2D eigenvalue weighted by atomic mass is 15.2. The molecule has 2 fully saturated rings. The number of hydrogen-bond donors (Lipinski definition) is 1. The Morgan fingerprint density at radius 3 is 2.56 bits per heavy atom. The number of nitrogens with one attached hydrogen (secondary N) is 1. The van der Waals surface area contributed by atoms with Crippen molar-refractivity contribution in [1.29, 1.82) is 0 Å². The minimum absolute atomic E-state index is 0.736. The lowest BCUT2D eigenvalue weighted by Crippen LogP contribution is -2.47. The molecule has 0 saturated carbocycles. The largest absolute Gasteiger partial charge is 0.316 e. The quantitative estimate of drug-likeness (QED) is 0.773. The molecule has 16 heavy (non-hydrogen) atoms. The van der Waals surface area contributed by atoms with Gasteiger partial charge in [0, 0.05) is 19.1 Å². The van der Waals surface area contributed by atoms with E-state index in [4.69, 9.17) is 0 Å². The van der Waals surface area contributed by atoms with Gasteiger partial charge < -0.3 is 15.1 Å². The summed E-state index contributed by atoms with van der Waals surface area (Å²) in [6.45, 7) is 6.53. The van der Waals surface area contributed by atoms with Gasteiger partial charge in [-0.2, -0.15) is 0 Å². The fourth-order valence-corrected chi connectivity index (χ4v) is 3.07. The van der Waals surface area contributed by atoms with Gasteiger partial charge in [-0.15, -0.1) is 0 Å². The Morgan fingerprint density at radius 1 is 1.12 bits per heavy atom. The van der Waals surface area contributed by atoms with E-state index in [1.807, 2.05) is 0 Å². The van der Waals surface area contributed by atoms with Crippen molar-refractivity contribution in [2.45, 2.75) is 31.7 Å². The van der Waals surface area contributed by atoms with Crippen LogP contribution in [0, 0.1) is 5.92 Å². The number of likely N-dealkylation sites (tertiary alicyclic amines) is 2. The lowest BCUT2D eigenvalue weighted by Gasteiger charge is -2.37. The Morgan fingerprint density at radius 2 is 1.88 bits per heavy atom. The molecule has 3 nitrogen and oxygen atoms in total. The summed E-state index contributed by atoms with van der Waals surface area (Å²) >= 11 is 0. The fourth-order valence-electron chi connectivity index (χ4n) is 3.07. The number of rotatable bonds is 3. The molecule has 0 amide bonds. The van der Waals surface area contributed by atoms with Crippen molar-refractivity contribution in [3.05, 3.63) is 0 Å². The summed E-state index contributed by atoms with van der Waals surface area (Å²) in [6, 6.07) is 0.736. The zero-order valence-corrected chi connectivity index (χ0v) is 10.9. The van der Waals surface area contributed by atoms with Crippen LogP contribution in [0.2, 0.25) is 0 Å². The summed E-state index contributed by atoms with van der Waals surface area (Å²) in [6.07, 6.45) is 5.53. The number of nitrogens with zero attached hydrogens (tertiary/aromatic N) is 2. The van der Waals surface area contributed by atoms with E-state index in [2.05, 4.69) is 29.2 Å². The maximum absolute atomic E-state index is 3.43. The average molecular weight is 225 g/mol. The predicted molar refractivity (Wildman–Crippen MR) is 68.7 cm³/mol. The third kappa shape index (κ3) is 3.44. The molecular formula is C13H27N3. The lowest BCUT2D eigenvalue weighted by atomic mass is 9.95.